The van der Waals surface area contributed by atoms with Crippen LogP contribution in [0.25, 0.3) is 0 Å². The Kier molecular flexibility index (Phi) is 3.24. The van der Waals surface area contributed by atoms with E-state index in [2.05, 4.69) is 0 Å². The summed E-state index contributed by atoms with van der Waals surface area (Å²) in [5.74, 6) is -0.192. The largest absolute Gasteiger partial charge is 0.370 e. The molecule has 0 saturated heterocycles. The molecule has 1 aromatic rings. The minimum atomic E-state index is -0.304. The van der Waals surface area contributed by atoms with Crippen LogP contribution in [0.2, 0.25) is 0 Å². The van der Waals surface area contributed by atoms with Gasteiger partial charge in [0.1, 0.15) is 0 Å². The summed E-state index contributed by atoms with van der Waals surface area (Å²) in [7, 11) is 0. The number of carbonyl (C=O) groups excluding carboxylic acids is 1. The quantitative estimate of drug-likeness (QED) is 0.781. The monoisotopic (exact) mass is 188 g/mol. The third kappa shape index (κ3) is 2.60. The molecule has 2 N–H and O–H groups in total. The molecule has 14 heavy (non-hydrogen) atoms. The minimum absolute atomic E-state index is 0.111. The summed E-state index contributed by atoms with van der Waals surface area (Å²) in [6.45, 7) is 1.94. The zero-order chi connectivity index (χ0) is 10.6. The van der Waals surface area contributed by atoms with Crippen LogP contribution >= 0.6 is 0 Å². The number of hydrogen-bond acceptors (Lipinski definition) is 2. The topological polar surface area (TPSA) is 66.9 Å². The average Bonchev–Trinajstić information content (AvgIpc) is 2.17. The lowest BCUT2D eigenvalue weighted by Crippen LogP contribution is -2.13. The Balaban J connectivity index is 2.77. The second-order valence-corrected chi connectivity index (χ2v) is 3.31. The molecule has 0 aliphatic rings. The average molecular weight is 188 g/mol. The lowest BCUT2D eigenvalue weighted by Gasteiger charge is -2.08. The van der Waals surface area contributed by atoms with E-state index in [1.54, 1.807) is 12.1 Å². The first-order valence-corrected chi connectivity index (χ1v) is 4.42. The first-order valence-electron chi connectivity index (χ1n) is 4.42. The maximum absolute atomic E-state index is 10.7. The highest BCUT2D eigenvalue weighted by atomic mass is 16.1. The molecule has 0 bridgehead atoms. The molecular formula is C11H12N2O. The van der Waals surface area contributed by atoms with Gasteiger partial charge in [-0.05, 0) is 23.6 Å². The predicted octanol–water partition coefficient (Wildman–Crippen LogP) is 1.54. The number of nitrogens with two attached hydrogens (primary N) is 1. The first kappa shape index (κ1) is 10.3. The van der Waals surface area contributed by atoms with Crippen LogP contribution in [0.4, 0.5) is 0 Å². The van der Waals surface area contributed by atoms with Gasteiger partial charge in [-0.1, -0.05) is 19.1 Å². The standard InChI is InChI=1S/C11H12N2O/c1-8(6-11(13)14)10-4-2-9(7-12)3-5-10/h2-5,8H,6H2,1H3,(H2,13,14). The summed E-state index contributed by atoms with van der Waals surface area (Å²) >= 11 is 0. The number of nitrogens with zero attached hydrogens (tertiary/aromatic N) is 1. The molecule has 0 radical (unpaired) electrons. The van der Waals surface area contributed by atoms with Gasteiger partial charge in [0.25, 0.3) is 0 Å². The molecule has 3 nitrogen and oxygen atoms in total. The molecule has 0 aliphatic carbocycles. The van der Waals surface area contributed by atoms with Gasteiger partial charge in [0.2, 0.25) is 5.91 Å². The maximum Gasteiger partial charge on any atom is 0.218 e. The molecule has 0 saturated carbocycles. The normalized spacial score (nSPS) is 11.7. The Morgan fingerprint density at radius 1 is 1.50 bits per heavy atom. The zero-order valence-electron chi connectivity index (χ0n) is 8.03. The molecule has 0 fully saturated rings. The Morgan fingerprint density at radius 3 is 2.50 bits per heavy atom. The van der Waals surface area contributed by atoms with E-state index < -0.39 is 0 Å². The molecule has 1 unspecified atom stereocenters. The van der Waals surface area contributed by atoms with Gasteiger partial charge < -0.3 is 5.73 Å². The molecule has 1 atom stereocenters. The molecule has 3 heteroatoms. The van der Waals surface area contributed by atoms with Gasteiger partial charge in [-0.15, -0.1) is 0 Å². The lowest BCUT2D eigenvalue weighted by atomic mass is 9.97. The fourth-order valence-electron chi connectivity index (χ4n) is 1.31. The molecule has 72 valence electrons. The van der Waals surface area contributed by atoms with Gasteiger partial charge in [-0.3, -0.25) is 4.79 Å². The van der Waals surface area contributed by atoms with E-state index in [1.165, 1.54) is 0 Å². The number of rotatable bonds is 3. The van der Waals surface area contributed by atoms with Crippen molar-refractivity contribution in [3.8, 4) is 6.07 Å². The summed E-state index contributed by atoms with van der Waals surface area (Å²) in [5, 5.41) is 8.59. The van der Waals surface area contributed by atoms with Crippen LogP contribution in [0.5, 0.6) is 0 Å². The van der Waals surface area contributed by atoms with Gasteiger partial charge in [-0.25, -0.2) is 0 Å². The molecular weight excluding hydrogens is 176 g/mol. The van der Waals surface area contributed by atoms with Crippen molar-refractivity contribution in [2.24, 2.45) is 5.73 Å². The van der Waals surface area contributed by atoms with Gasteiger partial charge in [0.05, 0.1) is 11.6 Å². The predicted molar refractivity (Wildman–Crippen MR) is 53.4 cm³/mol. The van der Waals surface area contributed by atoms with E-state index >= 15 is 0 Å². The molecule has 0 aliphatic heterocycles. The van der Waals surface area contributed by atoms with Crippen LogP contribution in [0.15, 0.2) is 24.3 Å². The third-order valence-corrected chi connectivity index (χ3v) is 2.12. The van der Waals surface area contributed by atoms with Crippen molar-refractivity contribution in [1.29, 1.82) is 5.26 Å². The van der Waals surface area contributed by atoms with E-state index in [-0.39, 0.29) is 11.8 Å². The summed E-state index contributed by atoms with van der Waals surface area (Å²) in [5.41, 5.74) is 6.75. The van der Waals surface area contributed by atoms with Crippen LogP contribution in [-0.2, 0) is 4.79 Å². The second kappa shape index (κ2) is 4.43. The minimum Gasteiger partial charge on any atom is -0.370 e. The Bertz CT molecular complexity index is 362. The molecule has 1 amide bonds. The summed E-state index contributed by atoms with van der Waals surface area (Å²) in [6.07, 6.45) is 0.339. The van der Waals surface area contributed by atoms with Crippen LogP contribution in [-0.4, -0.2) is 5.91 Å². The van der Waals surface area contributed by atoms with Crippen molar-refractivity contribution in [3.63, 3.8) is 0 Å². The highest BCUT2D eigenvalue weighted by Crippen LogP contribution is 2.18. The molecule has 0 heterocycles. The highest BCUT2D eigenvalue weighted by molar-refractivity contribution is 5.74. The fourth-order valence-corrected chi connectivity index (χ4v) is 1.31. The Morgan fingerprint density at radius 2 is 2.07 bits per heavy atom. The third-order valence-electron chi connectivity index (χ3n) is 2.12. The van der Waals surface area contributed by atoms with Crippen molar-refractivity contribution < 1.29 is 4.79 Å². The van der Waals surface area contributed by atoms with Gasteiger partial charge in [-0.2, -0.15) is 5.26 Å². The molecule has 1 aromatic carbocycles. The van der Waals surface area contributed by atoms with Crippen LogP contribution < -0.4 is 5.73 Å². The van der Waals surface area contributed by atoms with Crippen molar-refractivity contribution in [1.82, 2.24) is 0 Å². The van der Waals surface area contributed by atoms with Crippen molar-refractivity contribution in [2.45, 2.75) is 19.3 Å². The van der Waals surface area contributed by atoms with Crippen molar-refractivity contribution >= 4 is 5.91 Å². The SMILES string of the molecule is CC(CC(N)=O)c1ccc(C#N)cc1. The van der Waals surface area contributed by atoms with E-state index in [0.717, 1.165) is 5.56 Å². The summed E-state index contributed by atoms with van der Waals surface area (Å²) < 4.78 is 0. The molecule has 0 spiro atoms. The first-order chi connectivity index (χ1) is 6.63. The maximum atomic E-state index is 10.7. The van der Waals surface area contributed by atoms with Gasteiger partial charge in [0.15, 0.2) is 0 Å². The van der Waals surface area contributed by atoms with Crippen LogP contribution in [0.1, 0.15) is 30.4 Å². The smallest absolute Gasteiger partial charge is 0.218 e. The van der Waals surface area contributed by atoms with Crippen LogP contribution in [0.3, 0.4) is 0 Å². The molecule has 0 aromatic heterocycles. The number of amides is 1. The Labute approximate surface area is 83.2 Å². The fraction of sp³-hybridized carbons (Fsp3) is 0.273. The summed E-state index contributed by atoms with van der Waals surface area (Å²) in [4.78, 5) is 10.7. The van der Waals surface area contributed by atoms with E-state index in [1.807, 2.05) is 25.1 Å². The number of carbonyl (C=O) groups is 1. The second-order valence-electron chi connectivity index (χ2n) is 3.31. The lowest BCUT2D eigenvalue weighted by molar-refractivity contribution is -0.118. The van der Waals surface area contributed by atoms with Gasteiger partial charge in [0, 0.05) is 6.42 Å². The van der Waals surface area contributed by atoms with E-state index in [0.29, 0.717) is 12.0 Å². The number of hydrogen-bond donors (Lipinski definition) is 1. The number of primary amides is 1. The zero-order valence-corrected chi connectivity index (χ0v) is 8.03. The highest BCUT2D eigenvalue weighted by Gasteiger charge is 2.08. The van der Waals surface area contributed by atoms with Gasteiger partial charge >= 0.3 is 0 Å². The Hall–Kier alpha value is -1.82. The number of nitriles is 1. The molecule has 1 rings (SSSR count). The van der Waals surface area contributed by atoms with E-state index in [9.17, 15) is 4.79 Å². The summed E-state index contributed by atoms with van der Waals surface area (Å²) in [6, 6.07) is 9.23. The van der Waals surface area contributed by atoms with Crippen molar-refractivity contribution in [3.05, 3.63) is 35.4 Å². The number of benzene rings is 1. The van der Waals surface area contributed by atoms with E-state index in [4.69, 9.17) is 11.0 Å². The van der Waals surface area contributed by atoms with Crippen LogP contribution in [0, 0.1) is 11.3 Å². The van der Waals surface area contributed by atoms with Crippen molar-refractivity contribution in [2.75, 3.05) is 0 Å².